The van der Waals surface area contributed by atoms with Crippen LogP contribution in [0.3, 0.4) is 0 Å². The highest BCUT2D eigenvalue weighted by Crippen LogP contribution is 2.31. The molecule has 21 heavy (non-hydrogen) atoms. The van der Waals surface area contributed by atoms with E-state index in [2.05, 4.69) is 12.2 Å². The van der Waals surface area contributed by atoms with Crippen LogP contribution in [0.2, 0.25) is 0 Å². The van der Waals surface area contributed by atoms with Crippen molar-refractivity contribution in [3.05, 3.63) is 24.3 Å². The third kappa shape index (κ3) is 5.21. The third-order valence-corrected chi connectivity index (χ3v) is 4.27. The van der Waals surface area contributed by atoms with Gasteiger partial charge in [-0.25, -0.2) is 0 Å². The normalized spacial score (nSPS) is 25.6. The van der Waals surface area contributed by atoms with E-state index in [0.29, 0.717) is 13.2 Å². The SMILES string of the molecule is COc1ccc(OCCNCC2(O)CCC(C)CC2)cc1. The molecule has 0 spiro atoms. The molecule has 0 atom stereocenters. The molecule has 1 aromatic rings. The minimum atomic E-state index is -0.521. The highest BCUT2D eigenvalue weighted by molar-refractivity contribution is 5.31. The summed E-state index contributed by atoms with van der Waals surface area (Å²) in [4.78, 5) is 0. The summed E-state index contributed by atoms with van der Waals surface area (Å²) < 4.78 is 10.7. The number of ether oxygens (including phenoxy) is 2. The summed E-state index contributed by atoms with van der Waals surface area (Å²) in [5.74, 6) is 2.42. The summed E-state index contributed by atoms with van der Waals surface area (Å²) in [5, 5.41) is 13.7. The van der Waals surface area contributed by atoms with Crippen LogP contribution in [-0.4, -0.2) is 37.5 Å². The highest BCUT2D eigenvalue weighted by Gasteiger charge is 2.31. The summed E-state index contributed by atoms with van der Waals surface area (Å²) in [7, 11) is 1.65. The van der Waals surface area contributed by atoms with Gasteiger partial charge >= 0.3 is 0 Å². The summed E-state index contributed by atoms with van der Waals surface area (Å²) >= 11 is 0. The van der Waals surface area contributed by atoms with Crippen LogP contribution in [0.5, 0.6) is 11.5 Å². The number of hydrogen-bond acceptors (Lipinski definition) is 4. The monoisotopic (exact) mass is 293 g/mol. The maximum Gasteiger partial charge on any atom is 0.119 e. The number of nitrogens with one attached hydrogen (secondary N) is 1. The van der Waals surface area contributed by atoms with Crippen molar-refractivity contribution in [1.82, 2.24) is 5.32 Å². The van der Waals surface area contributed by atoms with Crippen molar-refractivity contribution in [1.29, 1.82) is 0 Å². The Morgan fingerprint density at radius 3 is 2.43 bits per heavy atom. The predicted octanol–water partition coefficient (Wildman–Crippen LogP) is 2.60. The molecule has 0 radical (unpaired) electrons. The van der Waals surface area contributed by atoms with Crippen molar-refractivity contribution in [3.8, 4) is 11.5 Å². The van der Waals surface area contributed by atoms with Gasteiger partial charge in [-0.05, 0) is 55.9 Å². The quantitative estimate of drug-likeness (QED) is 0.759. The number of aliphatic hydroxyl groups is 1. The topological polar surface area (TPSA) is 50.7 Å². The highest BCUT2D eigenvalue weighted by atomic mass is 16.5. The minimum absolute atomic E-state index is 0.521. The average Bonchev–Trinajstić information content (AvgIpc) is 2.51. The molecule has 4 heteroatoms. The van der Waals surface area contributed by atoms with Gasteiger partial charge in [0.05, 0.1) is 12.7 Å². The van der Waals surface area contributed by atoms with Gasteiger partial charge in [0.1, 0.15) is 18.1 Å². The Morgan fingerprint density at radius 2 is 1.81 bits per heavy atom. The predicted molar refractivity (Wildman–Crippen MR) is 83.9 cm³/mol. The van der Waals surface area contributed by atoms with Gasteiger partial charge in [0.25, 0.3) is 0 Å². The van der Waals surface area contributed by atoms with Gasteiger partial charge < -0.3 is 19.9 Å². The molecule has 0 aromatic heterocycles. The molecule has 0 unspecified atom stereocenters. The smallest absolute Gasteiger partial charge is 0.119 e. The Morgan fingerprint density at radius 1 is 1.19 bits per heavy atom. The number of hydrogen-bond donors (Lipinski definition) is 2. The second kappa shape index (κ2) is 7.66. The zero-order chi connectivity index (χ0) is 15.1. The fraction of sp³-hybridized carbons (Fsp3) is 0.647. The van der Waals surface area contributed by atoms with Crippen molar-refractivity contribution < 1.29 is 14.6 Å². The first kappa shape index (κ1) is 16.1. The lowest BCUT2D eigenvalue weighted by Crippen LogP contribution is -2.44. The van der Waals surface area contributed by atoms with Crippen molar-refractivity contribution in [3.63, 3.8) is 0 Å². The van der Waals surface area contributed by atoms with Crippen LogP contribution in [0.15, 0.2) is 24.3 Å². The summed E-state index contributed by atoms with van der Waals surface area (Å²) in [6, 6.07) is 7.56. The molecule has 4 nitrogen and oxygen atoms in total. The van der Waals surface area contributed by atoms with Crippen LogP contribution in [0.25, 0.3) is 0 Å². The van der Waals surface area contributed by atoms with Crippen LogP contribution >= 0.6 is 0 Å². The summed E-state index contributed by atoms with van der Waals surface area (Å²) in [5.41, 5.74) is -0.521. The summed E-state index contributed by atoms with van der Waals surface area (Å²) in [6.45, 7) is 4.25. The molecular formula is C17H27NO3. The zero-order valence-corrected chi connectivity index (χ0v) is 13.1. The molecule has 0 amide bonds. The fourth-order valence-corrected chi connectivity index (χ4v) is 2.71. The van der Waals surface area contributed by atoms with Crippen molar-refractivity contribution >= 4 is 0 Å². The minimum Gasteiger partial charge on any atom is -0.497 e. The van der Waals surface area contributed by atoms with E-state index < -0.39 is 5.60 Å². The van der Waals surface area contributed by atoms with Crippen LogP contribution in [0.1, 0.15) is 32.6 Å². The van der Waals surface area contributed by atoms with Gasteiger partial charge in [-0.1, -0.05) is 6.92 Å². The first-order valence-corrected chi connectivity index (χ1v) is 7.81. The van der Waals surface area contributed by atoms with Crippen molar-refractivity contribution in [2.24, 2.45) is 5.92 Å². The molecule has 0 saturated heterocycles. The lowest BCUT2D eigenvalue weighted by Gasteiger charge is -2.35. The first-order valence-electron chi connectivity index (χ1n) is 7.81. The largest absolute Gasteiger partial charge is 0.497 e. The lowest BCUT2D eigenvalue weighted by molar-refractivity contribution is -0.00636. The number of benzene rings is 1. The van der Waals surface area contributed by atoms with E-state index in [-0.39, 0.29) is 0 Å². The van der Waals surface area contributed by atoms with E-state index in [9.17, 15) is 5.11 Å². The molecule has 0 aliphatic heterocycles. The fourth-order valence-electron chi connectivity index (χ4n) is 2.71. The zero-order valence-electron chi connectivity index (χ0n) is 13.1. The Bertz CT molecular complexity index is 411. The van der Waals surface area contributed by atoms with Crippen molar-refractivity contribution in [2.75, 3.05) is 26.8 Å². The van der Waals surface area contributed by atoms with Crippen LogP contribution < -0.4 is 14.8 Å². The summed E-state index contributed by atoms with van der Waals surface area (Å²) in [6.07, 6.45) is 4.06. The first-order chi connectivity index (χ1) is 10.1. The lowest BCUT2D eigenvalue weighted by atomic mass is 9.79. The third-order valence-electron chi connectivity index (χ3n) is 4.27. The van der Waals surface area contributed by atoms with Gasteiger partial charge in [0.15, 0.2) is 0 Å². The Hall–Kier alpha value is -1.26. The molecule has 0 bridgehead atoms. The maximum atomic E-state index is 10.4. The molecule has 1 fully saturated rings. The van der Waals surface area contributed by atoms with E-state index in [4.69, 9.17) is 9.47 Å². The second-order valence-electron chi connectivity index (χ2n) is 6.11. The van der Waals surface area contributed by atoms with E-state index in [1.807, 2.05) is 24.3 Å². The van der Waals surface area contributed by atoms with Gasteiger partial charge in [0, 0.05) is 13.1 Å². The Balaban J connectivity index is 1.61. The van der Waals surface area contributed by atoms with Gasteiger partial charge in [-0.3, -0.25) is 0 Å². The average molecular weight is 293 g/mol. The van der Waals surface area contributed by atoms with E-state index in [1.54, 1.807) is 7.11 Å². The van der Waals surface area contributed by atoms with Crippen molar-refractivity contribution in [2.45, 2.75) is 38.2 Å². The number of methoxy groups -OCH3 is 1. The molecule has 1 aromatic carbocycles. The molecule has 1 saturated carbocycles. The Labute approximate surface area is 127 Å². The van der Waals surface area contributed by atoms with E-state index in [1.165, 1.54) is 0 Å². The molecule has 1 aliphatic rings. The molecule has 118 valence electrons. The van der Waals surface area contributed by atoms with Crippen LogP contribution in [0, 0.1) is 5.92 Å². The van der Waals surface area contributed by atoms with Crippen LogP contribution in [0.4, 0.5) is 0 Å². The molecule has 1 aliphatic carbocycles. The molecule has 0 heterocycles. The number of rotatable bonds is 7. The van der Waals surface area contributed by atoms with E-state index >= 15 is 0 Å². The molecular weight excluding hydrogens is 266 g/mol. The molecule has 2 rings (SSSR count). The van der Waals surface area contributed by atoms with E-state index in [0.717, 1.165) is 49.6 Å². The molecule has 2 N–H and O–H groups in total. The standard InChI is InChI=1S/C17H27NO3/c1-14-7-9-17(19,10-8-14)13-18-11-12-21-16-5-3-15(20-2)4-6-16/h3-6,14,18-19H,7-13H2,1-2H3. The maximum absolute atomic E-state index is 10.4. The van der Waals surface area contributed by atoms with Gasteiger partial charge in [-0.15, -0.1) is 0 Å². The van der Waals surface area contributed by atoms with Gasteiger partial charge in [-0.2, -0.15) is 0 Å². The van der Waals surface area contributed by atoms with Crippen LogP contribution in [-0.2, 0) is 0 Å². The van der Waals surface area contributed by atoms with Gasteiger partial charge in [0.2, 0.25) is 0 Å². The second-order valence-corrected chi connectivity index (χ2v) is 6.11. The Kier molecular flexibility index (Phi) is 5.88.